The Kier molecular flexibility index (Phi) is 3.17. The average molecular weight is 297 g/mol. The number of nitrogens with zero attached hydrogens (tertiary/aromatic N) is 1. The van der Waals surface area contributed by atoms with Gasteiger partial charge in [0.15, 0.2) is 0 Å². The van der Waals surface area contributed by atoms with E-state index in [2.05, 4.69) is 29.8 Å². The van der Waals surface area contributed by atoms with Crippen LogP contribution in [0.4, 0.5) is 5.69 Å². The molecule has 92 valence electrons. The van der Waals surface area contributed by atoms with Crippen LogP contribution in [0.1, 0.15) is 30.6 Å². The van der Waals surface area contributed by atoms with Crippen molar-refractivity contribution >= 4 is 27.5 Å². The summed E-state index contributed by atoms with van der Waals surface area (Å²) < 4.78 is 0.829. The summed E-state index contributed by atoms with van der Waals surface area (Å²) in [6.45, 7) is 6.04. The van der Waals surface area contributed by atoms with Crippen molar-refractivity contribution in [1.82, 2.24) is 4.90 Å². The molecule has 1 aromatic rings. The van der Waals surface area contributed by atoms with Crippen molar-refractivity contribution in [1.29, 1.82) is 0 Å². The van der Waals surface area contributed by atoms with E-state index in [1.165, 1.54) is 0 Å². The van der Waals surface area contributed by atoms with Crippen LogP contribution in [-0.4, -0.2) is 23.9 Å². The second-order valence-electron chi connectivity index (χ2n) is 5.38. The molecule has 2 N–H and O–H groups in total. The quantitative estimate of drug-likeness (QED) is 0.810. The van der Waals surface area contributed by atoms with Crippen LogP contribution in [0.3, 0.4) is 0 Å². The first-order valence-corrected chi connectivity index (χ1v) is 6.53. The van der Waals surface area contributed by atoms with Crippen LogP contribution in [0.15, 0.2) is 22.7 Å². The number of anilines is 1. The highest BCUT2D eigenvalue weighted by molar-refractivity contribution is 9.10. The summed E-state index contributed by atoms with van der Waals surface area (Å²) in [6.07, 6.45) is 1.06. The molecule has 0 atom stereocenters. The van der Waals surface area contributed by atoms with Gasteiger partial charge in [-0.2, -0.15) is 0 Å². The van der Waals surface area contributed by atoms with Crippen LogP contribution >= 0.6 is 15.9 Å². The Morgan fingerprint density at radius 2 is 2.18 bits per heavy atom. The van der Waals surface area contributed by atoms with Gasteiger partial charge in [-0.25, -0.2) is 0 Å². The molecule has 1 aliphatic rings. The first-order valence-electron chi connectivity index (χ1n) is 5.73. The lowest BCUT2D eigenvalue weighted by Gasteiger charge is -2.20. The van der Waals surface area contributed by atoms with Gasteiger partial charge in [0.2, 0.25) is 0 Å². The molecule has 1 aromatic carbocycles. The summed E-state index contributed by atoms with van der Waals surface area (Å²) in [5.41, 5.74) is 7.30. The third-order valence-corrected chi connectivity index (χ3v) is 3.93. The fraction of sp³-hybridized carbons (Fsp3) is 0.462. The molecule has 0 spiro atoms. The van der Waals surface area contributed by atoms with Gasteiger partial charge in [0.1, 0.15) is 0 Å². The van der Waals surface area contributed by atoms with E-state index in [0.29, 0.717) is 11.3 Å². The highest BCUT2D eigenvalue weighted by Crippen LogP contribution is 2.30. The fourth-order valence-electron chi connectivity index (χ4n) is 2.15. The molecule has 0 aliphatic carbocycles. The number of carbonyl (C=O) groups is 1. The van der Waals surface area contributed by atoms with E-state index in [0.717, 1.165) is 24.0 Å². The number of hydrogen-bond donors (Lipinski definition) is 1. The largest absolute Gasteiger partial charge is 0.398 e. The lowest BCUT2D eigenvalue weighted by molar-refractivity contribution is 0.0778. The monoisotopic (exact) mass is 296 g/mol. The molecular formula is C13H17BrN2O. The summed E-state index contributed by atoms with van der Waals surface area (Å²) in [4.78, 5) is 14.2. The van der Waals surface area contributed by atoms with E-state index in [-0.39, 0.29) is 11.3 Å². The van der Waals surface area contributed by atoms with Crippen molar-refractivity contribution in [2.45, 2.75) is 20.3 Å². The Labute approximate surface area is 110 Å². The van der Waals surface area contributed by atoms with E-state index >= 15 is 0 Å². The van der Waals surface area contributed by atoms with Crippen molar-refractivity contribution in [3.8, 4) is 0 Å². The van der Waals surface area contributed by atoms with E-state index in [1.807, 2.05) is 17.0 Å². The molecule has 0 radical (unpaired) electrons. The SMILES string of the molecule is CC1(C)CCN(C(=O)c2ccc(Br)c(N)c2)C1. The second-order valence-corrected chi connectivity index (χ2v) is 6.23. The number of likely N-dealkylation sites (tertiary alicyclic amines) is 1. The molecule has 1 saturated heterocycles. The standard InChI is InChI=1S/C13H17BrN2O/c1-13(2)5-6-16(8-13)12(17)9-3-4-10(14)11(15)7-9/h3-4,7H,5-6,8,15H2,1-2H3. The van der Waals surface area contributed by atoms with Crippen molar-refractivity contribution in [3.05, 3.63) is 28.2 Å². The van der Waals surface area contributed by atoms with Crippen LogP contribution in [-0.2, 0) is 0 Å². The van der Waals surface area contributed by atoms with Gasteiger partial charge >= 0.3 is 0 Å². The van der Waals surface area contributed by atoms with E-state index < -0.39 is 0 Å². The molecule has 0 aromatic heterocycles. The molecule has 0 unspecified atom stereocenters. The van der Waals surface area contributed by atoms with Gasteiger partial charge in [-0.15, -0.1) is 0 Å². The lowest BCUT2D eigenvalue weighted by atomic mass is 9.93. The first-order chi connectivity index (χ1) is 7.89. The van der Waals surface area contributed by atoms with E-state index in [9.17, 15) is 4.79 Å². The summed E-state index contributed by atoms with van der Waals surface area (Å²) in [7, 11) is 0. The zero-order chi connectivity index (χ0) is 12.6. The first kappa shape index (κ1) is 12.4. The molecule has 3 nitrogen and oxygen atoms in total. The van der Waals surface area contributed by atoms with Gasteiger partial charge in [0.05, 0.1) is 0 Å². The number of hydrogen-bond acceptors (Lipinski definition) is 2. The van der Waals surface area contributed by atoms with Crippen LogP contribution in [0.25, 0.3) is 0 Å². The van der Waals surface area contributed by atoms with Gasteiger partial charge in [0.25, 0.3) is 5.91 Å². The molecule has 1 fully saturated rings. The Morgan fingerprint density at radius 3 is 2.71 bits per heavy atom. The molecule has 0 saturated carbocycles. The van der Waals surface area contributed by atoms with Gasteiger partial charge in [-0.3, -0.25) is 4.79 Å². The van der Waals surface area contributed by atoms with Gasteiger partial charge in [-0.05, 0) is 46.0 Å². The predicted octanol–water partition coefficient (Wildman–Crippen LogP) is 2.90. The fourth-order valence-corrected chi connectivity index (χ4v) is 2.39. The van der Waals surface area contributed by atoms with Crippen molar-refractivity contribution in [2.24, 2.45) is 5.41 Å². The minimum absolute atomic E-state index is 0.0785. The topological polar surface area (TPSA) is 46.3 Å². The number of nitrogens with two attached hydrogens (primary N) is 1. The maximum Gasteiger partial charge on any atom is 0.253 e. The minimum atomic E-state index is 0.0785. The summed E-state index contributed by atoms with van der Waals surface area (Å²) >= 11 is 3.33. The Balaban J connectivity index is 2.18. The Morgan fingerprint density at radius 1 is 1.47 bits per heavy atom. The molecule has 1 aliphatic heterocycles. The van der Waals surface area contributed by atoms with Crippen LogP contribution in [0.2, 0.25) is 0 Å². The van der Waals surface area contributed by atoms with Crippen LogP contribution < -0.4 is 5.73 Å². The van der Waals surface area contributed by atoms with Crippen molar-refractivity contribution in [2.75, 3.05) is 18.8 Å². The number of benzene rings is 1. The third kappa shape index (κ3) is 2.63. The van der Waals surface area contributed by atoms with Gasteiger partial charge in [-0.1, -0.05) is 13.8 Å². The number of rotatable bonds is 1. The van der Waals surface area contributed by atoms with Gasteiger partial charge in [0, 0.05) is 28.8 Å². The zero-order valence-electron chi connectivity index (χ0n) is 10.2. The summed E-state index contributed by atoms with van der Waals surface area (Å²) in [6, 6.07) is 5.37. The van der Waals surface area contributed by atoms with Crippen LogP contribution in [0, 0.1) is 5.41 Å². The third-order valence-electron chi connectivity index (χ3n) is 3.21. The molecular weight excluding hydrogens is 280 g/mol. The van der Waals surface area contributed by atoms with Crippen LogP contribution in [0.5, 0.6) is 0 Å². The highest BCUT2D eigenvalue weighted by atomic mass is 79.9. The maximum absolute atomic E-state index is 12.3. The molecule has 1 amide bonds. The Bertz CT molecular complexity index is 457. The van der Waals surface area contributed by atoms with Crippen molar-refractivity contribution in [3.63, 3.8) is 0 Å². The maximum atomic E-state index is 12.3. The smallest absolute Gasteiger partial charge is 0.253 e. The normalized spacial score (nSPS) is 18.4. The Hall–Kier alpha value is -1.03. The molecule has 4 heteroatoms. The molecule has 1 heterocycles. The molecule has 17 heavy (non-hydrogen) atoms. The molecule has 2 rings (SSSR count). The number of nitrogen functional groups attached to an aromatic ring is 1. The number of amides is 1. The van der Waals surface area contributed by atoms with E-state index in [1.54, 1.807) is 6.07 Å². The zero-order valence-corrected chi connectivity index (χ0v) is 11.8. The minimum Gasteiger partial charge on any atom is -0.398 e. The number of carbonyl (C=O) groups excluding carboxylic acids is 1. The average Bonchev–Trinajstić information content (AvgIpc) is 2.62. The van der Waals surface area contributed by atoms with E-state index in [4.69, 9.17) is 5.73 Å². The number of halogens is 1. The highest BCUT2D eigenvalue weighted by Gasteiger charge is 2.32. The lowest BCUT2D eigenvalue weighted by Crippen LogP contribution is -2.30. The van der Waals surface area contributed by atoms with Gasteiger partial charge < -0.3 is 10.6 Å². The summed E-state index contributed by atoms with van der Waals surface area (Å²) in [5, 5.41) is 0. The van der Waals surface area contributed by atoms with Crippen molar-refractivity contribution < 1.29 is 4.79 Å². The predicted molar refractivity (Wildman–Crippen MR) is 72.9 cm³/mol. The summed E-state index contributed by atoms with van der Waals surface area (Å²) in [5.74, 6) is 0.0785. The second kappa shape index (κ2) is 4.33. The molecule has 0 bridgehead atoms.